The van der Waals surface area contributed by atoms with Crippen molar-refractivity contribution in [2.24, 2.45) is 5.14 Å². The number of nitrogens with zero attached hydrogens (tertiary/aromatic N) is 4. The summed E-state index contributed by atoms with van der Waals surface area (Å²) >= 11 is 6.17. The first-order valence-electron chi connectivity index (χ1n) is 11.5. The van der Waals surface area contributed by atoms with Gasteiger partial charge in [-0.25, -0.2) is 18.2 Å². The number of benzene rings is 3. The molecule has 0 spiro atoms. The summed E-state index contributed by atoms with van der Waals surface area (Å²) in [7, 11) is -3.89. The Kier molecular flexibility index (Phi) is 8.46. The SMILES string of the molecule is NS(=O)(=O)c1ccc(C(=O)N[C@@H](Cc2ccccc2)C(=O)NCCc2cc(Cl)ccc2-n2cnnn2)cc1. The second-order valence-corrected chi connectivity index (χ2v) is 10.4. The zero-order valence-electron chi connectivity index (χ0n) is 20.0. The van der Waals surface area contributed by atoms with Gasteiger partial charge in [0.05, 0.1) is 10.6 Å². The van der Waals surface area contributed by atoms with Crippen molar-refractivity contribution in [2.75, 3.05) is 6.54 Å². The lowest BCUT2D eigenvalue weighted by molar-refractivity contribution is -0.122. The number of tetrazole rings is 1. The molecule has 4 aromatic rings. The van der Waals surface area contributed by atoms with Gasteiger partial charge in [-0.05, 0) is 70.4 Å². The number of aromatic nitrogens is 4. The van der Waals surface area contributed by atoms with Crippen LogP contribution in [0.25, 0.3) is 5.69 Å². The maximum atomic E-state index is 13.2. The van der Waals surface area contributed by atoms with Gasteiger partial charge in [-0.1, -0.05) is 41.9 Å². The molecule has 4 N–H and O–H groups in total. The maximum absolute atomic E-state index is 13.2. The molecular weight excluding hydrogens is 530 g/mol. The minimum atomic E-state index is -3.89. The number of primary sulfonamides is 1. The molecular formula is C25H24ClN7O4S. The lowest BCUT2D eigenvalue weighted by atomic mass is 10.0. The van der Waals surface area contributed by atoms with Crippen LogP contribution < -0.4 is 15.8 Å². The maximum Gasteiger partial charge on any atom is 0.251 e. The standard InChI is InChI=1S/C25H24ClN7O4S/c26-20-8-11-23(33-16-29-31-32-33)19(15-20)12-13-28-25(35)22(14-17-4-2-1-3-5-17)30-24(34)18-6-9-21(10-7-18)38(27,36)37/h1-11,15-16,22H,12-14H2,(H,28,35)(H,30,34)(H2,27,36,37)/t22-/m0/s1. The fraction of sp³-hybridized carbons (Fsp3) is 0.160. The molecule has 0 bridgehead atoms. The number of carbonyl (C=O) groups is 2. The average Bonchev–Trinajstić information content (AvgIpc) is 3.43. The smallest absolute Gasteiger partial charge is 0.251 e. The lowest BCUT2D eigenvalue weighted by Crippen LogP contribution is -2.48. The number of nitrogens with one attached hydrogen (secondary N) is 2. The normalized spacial score (nSPS) is 12.1. The number of carbonyl (C=O) groups excluding carboxylic acids is 2. The zero-order chi connectivity index (χ0) is 27.1. The molecule has 1 atom stereocenters. The van der Waals surface area contributed by atoms with Crippen LogP contribution in [0.1, 0.15) is 21.5 Å². The molecule has 13 heteroatoms. The second-order valence-electron chi connectivity index (χ2n) is 8.35. The van der Waals surface area contributed by atoms with E-state index in [1.165, 1.54) is 35.3 Å². The molecule has 1 heterocycles. The van der Waals surface area contributed by atoms with Crippen molar-refractivity contribution in [2.45, 2.75) is 23.8 Å². The molecule has 0 aliphatic carbocycles. The van der Waals surface area contributed by atoms with Crippen molar-refractivity contribution in [3.63, 3.8) is 0 Å². The highest BCUT2D eigenvalue weighted by Gasteiger charge is 2.22. The quantitative estimate of drug-likeness (QED) is 0.269. The van der Waals surface area contributed by atoms with Crippen molar-refractivity contribution in [1.82, 2.24) is 30.8 Å². The number of amides is 2. The Morgan fingerprint density at radius 1 is 1.03 bits per heavy atom. The Hall–Kier alpha value is -4.13. The molecule has 0 aliphatic heterocycles. The Labute approximate surface area is 224 Å². The van der Waals surface area contributed by atoms with Gasteiger partial charge in [0.25, 0.3) is 5.91 Å². The monoisotopic (exact) mass is 553 g/mol. The summed E-state index contributed by atoms with van der Waals surface area (Å²) in [6.45, 7) is 0.262. The van der Waals surface area contributed by atoms with E-state index in [9.17, 15) is 18.0 Å². The van der Waals surface area contributed by atoms with E-state index >= 15 is 0 Å². The molecule has 4 rings (SSSR count). The van der Waals surface area contributed by atoms with Gasteiger partial charge >= 0.3 is 0 Å². The van der Waals surface area contributed by atoms with Gasteiger partial charge in [0, 0.05) is 23.6 Å². The van der Waals surface area contributed by atoms with Crippen LogP contribution in [-0.2, 0) is 27.7 Å². The first-order chi connectivity index (χ1) is 18.2. The number of hydrogen-bond acceptors (Lipinski definition) is 7. The van der Waals surface area contributed by atoms with Crippen LogP contribution in [0.3, 0.4) is 0 Å². The molecule has 0 aliphatic rings. The number of rotatable bonds is 10. The van der Waals surface area contributed by atoms with Gasteiger partial charge in [0.2, 0.25) is 15.9 Å². The largest absolute Gasteiger partial charge is 0.354 e. The molecule has 38 heavy (non-hydrogen) atoms. The van der Waals surface area contributed by atoms with Crippen LogP contribution in [0.4, 0.5) is 0 Å². The first-order valence-corrected chi connectivity index (χ1v) is 13.4. The summed E-state index contributed by atoms with van der Waals surface area (Å²) in [5.41, 5.74) is 2.59. The predicted octanol–water partition coefficient (Wildman–Crippen LogP) is 1.66. The van der Waals surface area contributed by atoms with Gasteiger partial charge in [-0.3, -0.25) is 9.59 Å². The topological polar surface area (TPSA) is 162 Å². The van der Waals surface area contributed by atoms with Crippen LogP contribution in [0, 0.1) is 0 Å². The molecule has 2 amide bonds. The summed E-state index contributed by atoms with van der Waals surface area (Å²) in [5.74, 6) is -0.910. The molecule has 0 unspecified atom stereocenters. The Morgan fingerprint density at radius 3 is 2.42 bits per heavy atom. The lowest BCUT2D eigenvalue weighted by Gasteiger charge is -2.19. The van der Waals surface area contributed by atoms with Crippen molar-refractivity contribution in [3.8, 4) is 5.69 Å². The zero-order valence-corrected chi connectivity index (χ0v) is 21.6. The van der Waals surface area contributed by atoms with Crippen molar-refractivity contribution < 1.29 is 18.0 Å². The summed E-state index contributed by atoms with van der Waals surface area (Å²) < 4.78 is 24.5. The number of sulfonamides is 1. The highest BCUT2D eigenvalue weighted by molar-refractivity contribution is 7.89. The van der Waals surface area contributed by atoms with Crippen LogP contribution >= 0.6 is 11.6 Å². The van der Waals surface area contributed by atoms with E-state index in [1.54, 1.807) is 18.2 Å². The van der Waals surface area contributed by atoms with E-state index in [0.29, 0.717) is 11.4 Å². The molecule has 0 fully saturated rings. The summed E-state index contributed by atoms with van der Waals surface area (Å²) in [6, 6.07) is 18.8. The molecule has 3 aromatic carbocycles. The van der Waals surface area contributed by atoms with Gasteiger partial charge in [0.1, 0.15) is 12.4 Å². The fourth-order valence-corrected chi connectivity index (χ4v) is 4.50. The van der Waals surface area contributed by atoms with Crippen LogP contribution in [0.15, 0.2) is 84.0 Å². The Morgan fingerprint density at radius 2 is 1.76 bits per heavy atom. The third-order valence-electron chi connectivity index (χ3n) is 5.68. The van der Waals surface area contributed by atoms with E-state index in [0.717, 1.165) is 16.8 Å². The Bertz CT molecular complexity index is 1510. The molecule has 0 saturated carbocycles. The van der Waals surface area contributed by atoms with Crippen molar-refractivity contribution >= 4 is 33.4 Å². The number of nitrogens with two attached hydrogens (primary N) is 1. The van der Waals surface area contributed by atoms with E-state index in [1.807, 2.05) is 30.3 Å². The Balaban J connectivity index is 1.46. The number of hydrogen-bond donors (Lipinski definition) is 3. The molecule has 1 aromatic heterocycles. The van der Waals surface area contributed by atoms with Crippen LogP contribution in [-0.4, -0.2) is 53.0 Å². The van der Waals surface area contributed by atoms with E-state index in [2.05, 4.69) is 26.2 Å². The molecule has 196 valence electrons. The summed E-state index contributed by atoms with van der Waals surface area (Å²) in [6.07, 6.45) is 2.15. The predicted molar refractivity (Wildman–Crippen MR) is 140 cm³/mol. The van der Waals surface area contributed by atoms with Gasteiger partial charge in [-0.2, -0.15) is 0 Å². The number of halogens is 1. The molecule has 0 radical (unpaired) electrons. The van der Waals surface area contributed by atoms with E-state index in [-0.39, 0.29) is 29.3 Å². The highest BCUT2D eigenvalue weighted by atomic mass is 35.5. The minimum absolute atomic E-state index is 0.116. The third-order valence-corrected chi connectivity index (χ3v) is 6.84. The summed E-state index contributed by atoms with van der Waals surface area (Å²) in [4.78, 5) is 26.0. The van der Waals surface area contributed by atoms with E-state index in [4.69, 9.17) is 16.7 Å². The first kappa shape index (κ1) is 26.9. The van der Waals surface area contributed by atoms with Gasteiger partial charge in [0.15, 0.2) is 0 Å². The molecule has 11 nitrogen and oxygen atoms in total. The van der Waals surface area contributed by atoms with Crippen molar-refractivity contribution in [3.05, 3.63) is 101 Å². The fourth-order valence-electron chi connectivity index (χ4n) is 3.79. The second kappa shape index (κ2) is 11.9. The van der Waals surface area contributed by atoms with Gasteiger partial charge in [-0.15, -0.1) is 5.10 Å². The summed E-state index contributed by atoms with van der Waals surface area (Å²) in [5, 5.41) is 22.5. The third kappa shape index (κ3) is 7.00. The minimum Gasteiger partial charge on any atom is -0.354 e. The highest BCUT2D eigenvalue weighted by Crippen LogP contribution is 2.19. The van der Waals surface area contributed by atoms with Crippen LogP contribution in [0.2, 0.25) is 5.02 Å². The average molecular weight is 554 g/mol. The molecule has 0 saturated heterocycles. The van der Waals surface area contributed by atoms with Crippen LogP contribution in [0.5, 0.6) is 0 Å². The van der Waals surface area contributed by atoms with Gasteiger partial charge < -0.3 is 10.6 Å². The van der Waals surface area contributed by atoms with E-state index < -0.39 is 22.0 Å². The van der Waals surface area contributed by atoms with Crippen molar-refractivity contribution in [1.29, 1.82) is 0 Å².